The largest absolute Gasteiger partial charge is 0.312 e. The van der Waals surface area contributed by atoms with Crippen LogP contribution in [0.1, 0.15) is 50.8 Å². The number of aromatic nitrogens is 2. The second-order valence-electron chi connectivity index (χ2n) is 4.72. The lowest BCUT2D eigenvalue weighted by Gasteiger charge is -2.09. The van der Waals surface area contributed by atoms with Gasteiger partial charge >= 0.3 is 0 Å². The molecular weight excluding hydrogens is 226 g/mol. The summed E-state index contributed by atoms with van der Waals surface area (Å²) in [5.41, 5.74) is 1.80. The van der Waals surface area contributed by atoms with Gasteiger partial charge in [0.1, 0.15) is 0 Å². The standard InChI is InChI=1S/C14H25N3O/c1-4-6-8-15-11-13-10-12(3)16-17(14(13)18)9-7-5-2/h10,15H,4-9,11H2,1-3H3. The summed E-state index contributed by atoms with van der Waals surface area (Å²) in [6.45, 7) is 8.56. The number of rotatable bonds is 8. The molecule has 0 spiro atoms. The van der Waals surface area contributed by atoms with Gasteiger partial charge in [-0.3, -0.25) is 4.79 Å². The molecule has 1 rings (SSSR count). The van der Waals surface area contributed by atoms with Crippen LogP contribution >= 0.6 is 0 Å². The van der Waals surface area contributed by atoms with Gasteiger partial charge < -0.3 is 5.32 Å². The van der Waals surface area contributed by atoms with Gasteiger partial charge in [0, 0.05) is 18.7 Å². The van der Waals surface area contributed by atoms with E-state index in [0.717, 1.165) is 43.6 Å². The zero-order chi connectivity index (χ0) is 13.4. The predicted molar refractivity (Wildman–Crippen MR) is 74.8 cm³/mol. The molecule has 18 heavy (non-hydrogen) atoms. The average molecular weight is 251 g/mol. The molecule has 0 bridgehead atoms. The van der Waals surface area contributed by atoms with Crippen LogP contribution in [0, 0.1) is 6.92 Å². The zero-order valence-corrected chi connectivity index (χ0v) is 11.8. The highest BCUT2D eigenvalue weighted by Crippen LogP contribution is 1.98. The Morgan fingerprint density at radius 1 is 1.28 bits per heavy atom. The van der Waals surface area contributed by atoms with Gasteiger partial charge in [0.15, 0.2) is 0 Å². The van der Waals surface area contributed by atoms with Gasteiger partial charge in [-0.15, -0.1) is 0 Å². The summed E-state index contributed by atoms with van der Waals surface area (Å²) in [6.07, 6.45) is 4.39. The Labute approximate surface area is 109 Å². The summed E-state index contributed by atoms with van der Waals surface area (Å²) in [7, 11) is 0. The van der Waals surface area contributed by atoms with Crippen molar-refractivity contribution in [2.75, 3.05) is 6.54 Å². The monoisotopic (exact) mass is 251 g/mol. The highest BCUT2D eigenvalue weighted by Gasteiger charge is 2.05. The second kappa shape index (κ2) is 8.03. The first-order valence-corrected chi connectivity index (χ1v) is 6.97. The first kappa shape index (κ1) is 14.9. The van der Waals surface area contributed by atoms with Crippen molar-refractivity contribution < 1.29 is 0 Å². The van der Waals surface area contributed by atoms with Gasteiger partial charge in [-0.05, 0) is 32.4 Å². The molecule has 0 aliphatic carbocycles. The Morgan fingerprint density at radius 3 is 2.67 bits per heavy atom. The van der Waals surface area contributed by atoms with Crippen molar-refractivity contribution >= 4 is 0 Å². The molecule has 0 saturated heterocycles. The number of unbranched alkanes of at least 4 members (excludes halogenated alkanes) is 2. The highest BCUT2D eigenvalue weighted by molar-refractivity contribution is 5.12. The molecule has 0 fully saturated rings. The molecule has 0 aliphatic rings. The van der Waals surface area contributed by atoms with Crippen molar-refractivity contribution in [1.82, 2.24) is 15.1 Å². The molecule has 0 atom stereocenters. The lowest BCUT2D eigenvalue weighted by atomic mass is 10.2. The van der Waals surface area contributed by atoms with E-state index in [1.54, 1.807) is 4.68 Å². The number of hydrogen-bond donors (Lipinski definition) is 1. The summed E-state index contributed by atoms with van der Waals surface area (Å²) < 4.78 is 1.61. The van der Waals surface area contributed by atoms with Crippen LogP contribution in [0.3, 0.4) is 0 Å². The van der Waals surface area contributed by atoms with E-state index in [0.29, 0.717) is 6.54 Å². The molecule has 4 nitrogen and oxygen atoms in total. The SMILES string of the molecule is CCCCNCc1cc(C)nn(CCCC)c1=O. The smallest absolute Gasteiger partial charge is 0.271 e. The topological polar surface area (TPSA) is 46.9 Å². The maximum atomic E-state index is 12.2. The summed E-state index contributed by atoms with van der Waals surface area (Å²) in [6, 6.07) is 1.89. The van der Waals surface area contributed by atoms with Crippen LogP contribution in [0.4, 0.5) is 0 Å². The minimum absolute atomic E-state index is 0.0537. The molecule has 0 amide bonds. The number of nitrogens with one attached hydrogen (secondary N) is 1. The summed E-state index contributed by atoms with van der Waals surface area (Å²) in [5.74, 6) is 0. The van der Waals surface area contributed by atoms with E-state index in [2.05, 4.69) is 24.3 Å². The van der Waals surface area contributed by atoms with E-state index in [4.69, 9.17) is 0 Å². The minimum Gasteiger partial charge on any atom is -0.312 e. The van der Waals surface area contributed by atoms with Gasteiger partial charge in [0.05, 0.1) is 5.69 Å². The maximum absolute atomic E-state index is 12.2. The molecule has 0 aromatic carbocycles. The molecular formula is C14H25N3O. The van der Waals surface area contributed by atoms with Crippen LogP contribution in [-0.4, -0.2) is 16.3 Å². The number of nitrogens with zero attached hydrogens (tertiary/aromatic N) is 2. The van der Waals surface area contributed by atoms with E-state index in [1.165, 1.54) is 6.42 Å². The van der Waals surface area contributed by atoms with E-state index in [-0.39, 0.29) is 5.56 Å². The van der Waals surface area contributed by atoms with Crippen molar-refractivity contribution in [3.8, 4) is 0 Å². The molecule has 4 heteroatoms. The molecule has 0 saturated carbocycles. The summed E-state index contributed by atoms with van der Waals surface area (Å²) in [5, 5.41) is 7.60. The Bertz CT molecular complexity index is 412. The zero-order valence-electron chi connectivity index (χ0n) is 11.8. The van der Waals surface area contributed by atoms with Crippen molar-refractivity contribution in [2.24, 2.45) is 0 Å². The maximum Gasteiger partial charge on any atom is 0.271 e. The van der Waals surface area contributed by atoms with E-state index >= 15 is 0 Å². The van der Waals surface area contributed by atoms with Crippen molar-refractivity contribution in [1.29, 1.82) is 0 Å². The first-order valence-electron chi connectivity index (χ1n) is 6.97. The Kier molecular flexibility index (Phi) is 6.65. The lowest BCUT2D eigenvalue weighted by molar-refractivity contribution is 0.526. The Morgan fingerprint density at radius 2 is 2.00 bits per heavy atom. The molecule has 0 unspecified atom stereocenters. The van der Waals surface area contributed by atoms with E-state index in [9.17, 15) is 4.79 Å². The van der Waals surface area contributed by atoms with Gasteiger partial charge in [-0.25, -0.2) is 4.68 Å². The van der Waals surface area contributed by atoms with Crippen molar-refractivity contribution in [3.05, 3.63) is 27.7 Å². The van der Waals surface area contributed by atoms with Crippen LogP contribution in [0.15, 0.2) is 10.9 Å². The third-order valence-electron chi connectivity index (χ3n) is 2.92. The Hall–Kier alpha value is -1.16. The van der Waals surface area contributed by atoms with Crippen LogP contribution in [0.25, 0.3) is 0 Å². The molecule has 1 aromatic heterocycles. The number of hydrogen-bond acceptors (Lipinski definition) is 3. The average Bonchev–Trinajstić information content (AvgIpc) is 2.36. The van der Waals surface area contributed by atoms with Gasteiger partial charge in [0.2, 0.25) is 0 Å². The second-order valence-corrected chi connectivity index (χ2v) is 4.72. The fourth-order valence-corrected chi connectivity index (χ4v) is 1.86. The molecule has 102 valence electrons. The van der Waals surface area contributed by atoms with Gasteiger partial charge in [0.25, 0.3) is 5.56 Å². The fraction of sp³-hybridized carbons (Fsp3) is 0.714. The van der Waals surface area contributed by atoms with Crippen LogP contribution < -0.4 is 10.9 Å². The van der Waals surface area contributed by atoms with Crippen LogP contribution in [0.5, 0.6) is 0 Å². The highest BCUT2D eigenvalue weighted by atomic mass is 16.1. The minimum atomic E-state index is 0.0537. The Balaban J connectivity index is 2.71. The normalized spacial score (nSPS) is 10.8. The van der Waals surface area contributed by atoms with E-state index in [1.807, 2.05) is 13.0 Å². The van der Waals surface area contributed by atoms with E-state index < -0.39 is 0 Å². The molecule has 1 heterocycles. The summed E-state index contributed by atoms with van der Waals surface area (Å²) in [4.78, 5) is 12.2. The van der Waals surface area contributed by atoms with Crippen molar-refractivity contribution in [3.63, 3.8) is 0 Å². The first-order chi connectivity index (χ1) is 8.69. The third kappa shape index (κ3) is 4.61. The predicted octanol–water partition coefficient (Wildman–Crippen LogP) is 2.24. The molecule has 0 aliphatic heterocycles. The molecule has 1 aromatic rings. The number of aryl methyl sites for hydroxylation is 2. The molecule has 1 N–H and O–H groups in total. The summed E-state index contributed by atoms with van der Waals surface area (Å²) >= 11 is 0. The van der Waals surface area contributed by atoms with Crippen LogP contribution in [-0.2, 0) is 13.1 Å². The third-order valence-corrected chi connectivity index (χ3v) is 2.92. The quantitative estimate of drug-likeness (QED) is 0.721. The van der Waals surface area contributed by atoms with Crippen molar-refractivity contribution in [2.45, 2.75) is 59.5 Å². The van der Waals surface area contributed by atoms with Crippen LogP contribution in [0.2, 0.25) is 0 Å². The van der Waals surface area contributed by atoms with Gasteiger partial charge in [-0.2, -0.15) is 5.10 Å². The lowest BCUT2D eigenvalue weighted by Crippen LogP contribution is -2.30. The van der Waals surface area contributed by atoms with Gasteiger partial charge in [-0.1, -0.05) is 26.7 Å². The fourth-order valence-electron chi connectivity index (χ4n) is 1.86. The molecule has 0 radical (unpaired) electrons.